The lowest BCUT2D eigenvalue weighted by atomic mass is 10.1. The van der Waals surface area contributed by atoms with E-state index in [0.29, 0.717) is 6.17 Å². The maximum absolute atomic E-state index is 5.37. The summed E-state index contributed by atoms with van der Waals surface area (Å²) in [6.07, 6.45) is 14.4. The Balaban J connectivity index is 3.29. The Morgan fingerprint density at radius 1 is 0.667 bits per heavy atom. The van der Waals surface area contributed by atoms with Crippen LogP contribution in [0.5, 0.6) is 0 Å². The van der Waals surface area contributed by atoms with E-state index in [4.69, 9.17) is 13.3 Å². The van der Waals surface area contributed by atoms with Crippen LogP contribution in [0.4, 0.5) is 0 Å². The Kier molecular flexibility index (Phi) is 15.0. The molecular weight excluding hydrogens is 282 g/mol. The van der Waals surface area contributed by atoms with Gasteiger partial charge in [-0.15, -0.1) is 0 Å². The molecule has 0 heterocycles. The fourth-order valence-electron chi connectivity index (χ4n) is 2.45. The first-order valence-electron chi connectivity index (χ1n) is 8.60. The number of unbranched alkanes of at least 4 members (excludes halogenated alkanes) is 9. The highest BCUT2D eigenvalue weighted by Crippen LogP contribution is 2.10. The average molecular weight is 320 g/mol. The quantitative estimate of drug-likeness (QED) is 0.346. The SMILES string of the molecule is CCCCCCCCCCCCNC[Si](OC)(OC)OC. The summed E-state index contributed by atoms with van der Waals surface area (Å²) in [6, 6.07) is 0. The van der Waals surface area contributed by atoms with E-state index >= 15 is 0 Å². The van der Waals surface area contributed by atoms with E-state index in [-0.39, 0.29) is 0 Å². The average Bonchev–Trinajstić information content (AvgIpc) is 2.53. The van der Waals surface area contributed by atoms with Crippen LogP contribution in [0.3, 0.4) is 0 Å². The summed E-state index contributed by atoms with van der Waals surface area (Å²) >= 11 is 0. The Morgan fingerprint density at radius 2 is 1.10 bits per heavy atom. The van der Waals surface area contributed by atoms with Crippen molar-refractivity contribution in [2.75, 3.05) is 34.0 Å². The third-order valence-corrected chi connectivity index (χ3v) is 6.53. The van der Waals surface area contributed by atoms with Gasteiger partial charge in [0.1, 0.15) is 0 Å². The minimum Gasteiger partial charge on any atom is -0.376 e. The molecule has 4 nitrogen and oxygen atoms in total. The van der Waals surface area contributed by atoms with E-state index in [1.54, 1.807) is 21.3 Å². The van der Waals surface area contributed by atoms with Crippen molar-refractivity contribution in [1.82, 2.24) is 5.32 Å². The Morgan fingerprint density at radius 3 is 1.52 bits per heavy atom. The molecule has 0 saturated heterocycles. The van der Waals surface area contributed by atoms with Crippen LogP contribution in [0, 0.1) is 0 Å². The Labute approximate surface area is 133 Å². The lowest BCUT2D eigenvalue weighted by Crippen LogP contribution is -2.52. The van der Waals surface area contributed by atoms with Crippen LogP contribution in [0.2, 0.25) is 0 Å². The van der Waals surface area contributed by atoms with Crippen LogP contribution in [-0.4, -0.2) is 42.8 Å². The Hall–Kier alpha value is 0.0569. The molecule has 0 bridgehead atoms. The zero-order valence-electron chi connectivity index (χ0n) is 14.7. The molecule has 0 atom stereocenters. The molecule has 5 heteroatoms. The summed E-state index contributed by atoms with van der Waals surface area (Å²) in [5.41, 5.74) is 0. The lowest BCUT2D eigenvalue weighted by Gasteiger charge is -2.24. The summed E-state index contributed by atoms with van der Waals surface area (Å²) in [7, 11) is 2.54. The fourth-order valence-corrected chi connectivity index (χ4v) is 3.86. The van der Waals surface area contributed by atoms with Crippen molar-refractivity contribution in [2.45, 2.75) is 71.1 Å². The minimum atomic E-state index is -2.43. The molecule has 0 aliphatic heterocycles. The second kappa shape index (κ2) is 15.0. The van der Waals surface area contributed by atoms with Crippen molar-refractivity contribution < 1.29 is 13.3 Å². The summed E-state index contributed by atoms with van der Waals surface area (Å²) in [4.78, 5) is 0. The first-order chi connectivity index (χ1) is 10.2. The number of hydrogen-bond acceptors (Lipinski definition) is 4. The number of rotatable bonds is 16. The van der Waals surface area contributed by atoms with Crippen LogP contribution >= 0.6 is 0 Å². The molecule has 1 N–H and O–H groups in total. The van der Waals surface area contributed by atoms with Gasteiger partial charge in [-0.3, -0.25) is 0 Å². The van der Waals surface area contributed by atoms with Crippen LogP contribution < -0.4 is 5.32 Å². The molecule has 0 spiro atoms. The molecule has 0 radical (unpaired) electrons. The van der Waals surface area contributed by atoms with Gasteiger partial charge in [0.25, 0.3) is 0 Å². The van der Waals surface area contributed by atoms with E-state index in [2.05, 4.69) is 12.2 Å². The number of nitrogens with one attached hydrogen (secondary N) is 1. The first kappa shape index (κ1) is 21.1. The molecule has 0 aromatic rings. The molecule has 0 saturated carbocycles. The second-order valence-electron chi connectivity index (χ2n) is 5.65. The molecule has 0 aliphatic carbocycles. The first-order valence-corrected chi connectivity index (χ1v) is 10.5. The zero-order chi connectivity index (χ0) is 15.8. The third kappa shape index (κ3) is 11.3. The van der Waals surface area contributed by atoms with Gasteiger partial charge in [0.15, 0.2) is 0 Å². The van der Waals surface area contributed by atoms with Gasteiger partial charge in [0.2, 0.25) is 0 Å². The Bertz CT molecular complexity index is 205. The van der Waals surface area contributed by atoms with Crippen molar-refractivity contribution in [3.05, 3.63) is 0 Å². The van der Waals surface area contributed by atoms with Gasteiger partial charge in [0.05, 0.1) is 6.17 Å². The molecular formula is C16H37NO3Si. The van der Waals surface area contributed by atoms with E-state index < -0.39 is 8.80 Å². The standard InChI is InChI=1S/C16H37NO3Si/c1-5-6-7-8-9-10-11-12-13-14-15-17-16-21(18-2,19-3)20-4/h17H,5-16H2,1-4H3. The van der Waals surface area contributed by atoms with E-state index in [0.717, 1.165) is 6.54 Å². The van der Waals surface area contributed by atoms with Gasteiger partial charge in [-0.2, -0.15) is 0 Å². The molecule has 0 aromatic heterocycles. The van der Waals surface area contributed by atoms with Crippen molar-refractivity contribution in [3.63, 3.8) is 0 Å². The van der Waals surface area contributed by atoms with Gasteiger partial charge < -0.3 is 18.6 Å². The summed E-state index contributed by atoms with van der Waals surface area (Å²) in [5, 5.41) is 3.39. The van der Waals surface area contributed by atoms with Gasteiger partial charge >= 0.3 is 8.80 Å². The topological polar surface area (TPSA) is 39.7 Å². The highest BCUT2D eigenvalue weighted by Gasteiger charge is 2.37. The maximum atomic E-state index is 5.37. The highest BCUT2D eigenvalue weighted by atomic mass is 28.4. The lowest BCUT2D eigenvalue weighted by molar-refractivity contribution is 0.122. The van der Waals surface area contributed by atoms with Crippen LogP contribution in [0.25, 0.3) is 0 Å². The third-order valence-electron chi connectivity index (χ3n) is 3.98. The van der Waals surface area contributed by atoms with Gasteiger partial charge in [-0.05, 0) is 13.0 Å². The van der Waals surface area contributed by atoms with Crippen molar-refractivity contribution in [2.24, 2.45) is 0 Å². The molecule has 0 unspecified atom stereocenters. The van der Waals surface area contributed by atoms with Crippen molar-refractivity contribution in [1.29, 1.82) is 0 Å². The normalized spacial score (nSPS) is 12.0. The maximum Gasteiger partial charge on any atom is 0.514 e. The monoisotopic (exact) mass is 319 g/mol. The highest BCUT2D eigenvalue weighted by molar-refractivity contribution is 6.60. The van der Waals surface area contributed by atoms with Gasteiger partial charge in [-0.25, -0.2) is 0 Å². The molecule has 0 aromatic carbocycles. The van der Waals surface area contributed by atoms with E-state index in [9.17, 15) is 0 Å². The second-order valence-corrected chi connectivity index (χ2v) is 8.60. The molecule has 128 valence electrons. The predicted molar refractivity (Wildman–Crippen MR) is 91.5 cm³/mol. The molecule has 0 aliphatic rings. The summed E-state index contributed by atoms with van der Waals surface area (Å²) < 4.78 is 16.1. The molecule has 0 rings (SSSR count). The minimum absolute atomic E-state index is 0.688. The molecule has 0 fully saturated rings. The van der Waals surface area contributed by atoms with E-state index in [1.807, 2.05) is 0 Å². The van der Waals surface area contributed by atoms with E-state index in [1.165, 1.54) is 64.2 Å². The zero-order valence-corrected chi connectivity index (χ0v) is 15.7. The fraction of sp³-hybridized carbons (Fsp3) is 1.00. The summed E-state index contributed by atoms with van der Waals surface area (Å²) in [6.45, 7) is 3.29. The predicted octanol–water partition coefficient (Wildman–Crippen LogP) is 3.91. The van der Waals surface area contributed by atoms with Crippen molar-refractivity contribution in [3.8, 4) is 0 Å². The van der Waals surface area contributed by atoms with Crippen LogP contribution in [0.15, 0.2) is 0 Å². The van der Waals surface area contributed by atoms with Crippen LogP contribution in [0.1, 0.15) is 71.1 Å². The van der Waals surface area contributed by atoms with Gasteiger partial charge in [0, 0.05) is 21.3 Å². The number of hydrogen-bond donors (Lipinski definition) is 1. The van der Waals surface area contributed by atoms with Crippen LogP contribution in [-0.2, 0) is 13.3 Å². The van der Waals surface area contributed by atoms with Crippen molar-refractivity contribution >= 4 is 8.80 Å². The largest absolute Gasteiger partial charge is 0.514 e. The van der Waals surface area contributed by atoms with Gasteiger partial charge in [-0.1, -0.05) is 64.7 Å². The summed E-state index contributed by atoms with van der Waals surface area (Å²) in [5.74, 6) is 0. The molecule has 21 heavy (non-hydrogen) atoms. The molecule has 0 amide bonds. The smallest absolute Gasteiger partial charge is 0.376 e.